The Morgan fingerprint density at radius 2 is 1.88 bits per heavy atom. The molecule has 0 unspecified atom stereocenters. The Bertz CT molecular complexity index is 897. The first kappa shape index (κ1) is 17.0. The fourth-order valence-electron chi connectivity index (χ4n) is 2.69. The minimum atomic E-state index is -0.450. The molecule has 128 valence electrons. The van der Waals surface area contributed by atoms with Crippen LogP contribution in [0.15, 0.2) is 54.7 Å². The summed E-state index contributed by atoms with van der Waals surface area (Å²) in [5.41, 5.74) is 2.83. The Labute approximate surface area is 147 Å². The van der Waals surface area contributed by atoms with Crippen LogP contribution in [0, 0.1) is 6.92 Å². The van der Waals surface area contributed by atoms with Gasteiger partial charge >= 0.3 is 5.97 Å². The fraction of sp³-hybridized carbons (Fsp3) is 0.238. The normalized spacial score (nSPS) is 10.9. The van der Waals surface area contributed by atoms with E-state index in [9.17, 15) is 4.79 Å². The number of fused-ring (bicyclic) bond motifs is 1. The Kier molecular flexibility index (Phi) is 4.98. The van der Waals surface area contributed by atoms with E-state index in [1.54, 1.807) is 12.3 Å². The summed E-state index contributed by atoms with van der Waals surface area (Å²) in [5, 5.41) is 0.925. The van der Waals surface area contributed by atoms with Crippen LogP contribution in [-0.2, 0) is 4.79 Å². The molecule has 0 aliphatic carbocycles. The maximum atomic E-state index is 12.2. The van der Waals surface area contributed by atoms with Crippen LogP contribution in [-0.4, -0.2) is 17.6 Å². The molecule has 0 bridgehead atoms. The summed E-state index contributed by atoms with van der Waals surface area (Å²) in [6, 6.07) is 15.3. The van der Waals surface area contributed by atoms with Gasteiger partial charge in [0, 0.05) is 11.6 Å². The summed E-state index contributed by atoms with van der Waals surface area (Å²) in [7, 11) is 0. The number of nitrogens with zero attached hydrogens (tertiary/aromatic N) is 1. The average Bonchev–Trinajstić information content (AvgIpc) is 2.60. The first-order valence-corrected chi connectivity index (χ1v) is 8.32. The number of carbonyl (C=O) groups is 1. The van der Waals surface area contributed by atoms with Crippen LogP contribution in [0.25, 0.3) is 10.9 Å². The number of benzene rings is 2. The van der Waals surface area contributed by atoms with E-state index < -0.39 is 5.97 Å². The fourth-order valence-corrected chi connectivity index (χ4v) is 2.69. The highest BCUT2D eigenvalue weighted by Gasteiger charge is 2.13. The van der Waals surface area contributed by atoms with Gasteiger partial charge in [0.25, 0.3) is 0 Å². The Hall–Kier alpha value is -2.88. The molecule has 0 aliphatic rings. The standard InChI is InChI=1S/C21H21NO3/c1-14(2)17-10-9-15(3)12-19(17)24-13-20(23)25-18-8-4-6-16-7-5-11-22-21(16)18/h4-12,14H,13H2,1-3H3. The molecule has 0 N–H and O–H groups in total. The Balaban J connectivity index is 1.72. The molecule has 0 amide bonds. The van der Waals surface area contributed by atoms with Crippen molar-refractivity contribution in [2.45, 2.75) is 26.7 Å². The monoisotopic (exact) mass is 335 g/mol. The number of hydrogen-bond acceptors (Lipinski definition) is 4. The highest BCUT2D eigenvalue weighted by atomic mass is 16.6. The maximum absolute atomic E-state index is 12.2. The molecule has 0 aliphatic heterocycles. The van der Waals surface area contributed by atoms with Gasteiger partial charge in [-0.15, -0.1) is 0 Å². The van der Waals surface area contributed by atoms with Gasteiger partial charge in [0.1, 0.15) is 11.3 Å². The molecule has 2 aromatic carbocycles. The number of carbonyl (C=O) groups excluding carboxylic acids is 1. The molecule has 0 spiro atoms. The minimum absolute atomic E-state index is 0.146. The summed E-state index contributed by atoms with van der Waals surface area (Å²) in [6.45, 7) is 6.04. The van der Waals surface area contributed by atoms with Crippen molar-refractivity contribution in [3.05, 3.63) is 65.9 Å². The third kappa shape index (κ3) is 3.97. The van der Waals surface area contributed by atoms with Crippen molar-refractivity contribution in [1.82, 2.24) is 4.98 Å². The van der Waals surface area contributed by atoms with Crippen LogP contribution in [0.4, 0.5) is 0 Å². The summed E-state index contributed by atoms with van der Waals surface area (Å²) in [5.74, 6) is 1.03. The Morgan fingerprint density at radius 3 is 2.68 bits per heavy atom. The largest absolute Gasteiger partial charge is 0.482 e. The van der Waals surface area contributed by atoms with Gasteiger partial charge in [-0.3, -0.25) is 4.98 Å². The average molecular weight is 335 g/mol. The second-order valence-electron chi connectivity index (χ2n) is 6.29. The summed E-state index contributed by atoms with van der Waals surface area (Å²) in [4.78, 5) is 16.5. The molecule has 4 nitrogen and oxygen atoms in total. The molecule has 3 aromatic rings. The summed E-state index contributed by atoms with van der Waals surface area (Å²) >= 11 is 0. The van der Waals surface area contributed by atoms with Crippen molar-refractivity contribution in [2.24, 2.45) is 0 Å². The van der Waals surface area contributed by atoms with Crippen LogP contribution in [0.2, 0.25) is 0 Å². The lowest BCUT2D eigenvalue weighted by atomic mass is 10.0. The summed E-state index contributed by atoms with van der Waals surface area (Å²) < 4.78 is 11.2. The molecule has 0 fully saturated rings. The highest BCUT2D eigenvalue weighted by Crippen LogP contribution is 2.28. The van der Waals surface area contributed by atoms with Crippen molar-refractivity contribution in [2.75, 3.05) is 6.61 Å². The van der Waals surface area contributed by atoms with Gasteiger partial charge < -0.3 is 9.47 Å². The zero-order valence-corrected chi connectivity index (χ0v) is 14.7. The molecule has 1 heterocycles. The van der Waals surface area contributed by atoms with E-state index in [2.05, 4.69) is 18.8 Å². The minimum Gasteiger partial charge on any atom is -0.482 e. The predicted molar refractivity (Wildman–Crippen MR) is 98.1 cm³/mol. The smallest absolute Gasteiger partial charge is 0.349 e. The lowest BCUT2D eigenvalue weighted by molar-refractivity contribution is -0.136. The van der Waals surface area contributed by atoms with E-state index in [1.165, 1.54) is 0 Å². The van der Waals surface area contributed by atoms with E-state index in [4.69, 9.17) is 9.47 Å². The van der Waals surface area contributed by atoms with Crippen molar-refractivity contribution in [3.8, 4) is 11.5 Å². The maximum Gasteiger partial charge on any atom is 0.349 e. The van der Waals surface area contributed by atoms with E-state index >= 15 is 0 Å². The molecule has 0 radical (unpaired) electrons. The highest BCUT2D eigenvalue weighted by molar-refractivity contribution is 5.87. The van der Waals surface area contributed by atoms with E-state index in [0.717, 1.165) is 22.3 Å². The lowest BCUT2D eigenvalue weighted by Crippen LogP contribution is -2.18. The molecule has 1 aromatic heterocycles. The number of hydrogen-bond donors (Lipinski definition) is 0. The zero-order valence-electron chi connectivity index (χ0n) is 14.7. The van der Waals surface area contributed by atoms with Gasteiger partial charge in [0.15, 0.2) is 12.4 Å². The lowest BCUT2D eigenvalue weighted by Gasteiger charge is -2.14. The summed E-state index contributed by atoms with van der Waals surface area (Å²) in [6.07, 6.45) is 1.68. The predicted octanol–water partition coefficient (Wildman–Crippen LogP) is 4.65. The molecule has 0 atom stereocenters. The molecule has 4 heteroatoms. The van der Waals surface area contributed by atoms with E-state index in [-0.39, 0.29) is 6.61 Å². The van der Waals surface area contributed by atoms with Gasteiger partial charge in [-0.05, 0) is 42.2 Å². The van der Waals surface area contributed by atoms with Crippen molar-refractivity contribution in [3.63, 3.8) is 0 Å². The van der Waals surface area contributed by atoms with Crippen LogP contribution < -0.4 is 9.47 Å². The number of esters is 1. The van der Waals surface area contributed by atoms with Gasteiger partial charge in [-0.25, -0.2) is 4.79 Å². The number of aromatic nitrogens is 1. The van der Waals surface area contributed by atoms with Gasteiger partial charge in [-0.1, -0.05) is 44.2 Å². The van der Waals surface area contributed by atoms with Crippen LogP contribution in [0.5, 0.6) is 11.5 Å². The topological polar surface area (TPSA) is 48.4 Å². The third-order valence-electron chi connectivity index (χ3n) is 3.96. The molecule has 0 saturated heterocycles. The number of pyridine rings is 1. The van der Waals surface area contributed by atoms with Gasteiger partial charge in [-0.2, -0.15) is 0 Å². The van der Waals surface area contributed by atoms with Crippen LogP contribution >= 0.6 is 0 Å². The third-order valence-corrected chi connectivity index (χ3v) is 3.96. The van der Waals surface area contributed by atoms with Gasteiger partial charge in [0.05, 0.1) is 0 Å². The number of aryl methyl sites for hydroxylation is 1. The number of ether oxygens (including phenoxy) is 2. The number of rotatable bonds is 5. The zero-order chi connectivity index (χ0) is 17.8. The molecule has 3 rings (SSSR count). The first-order valence-electron chi connectivity index (χ1n) is 8.32. The quantitative estimate of drug-likeness (QED) is 0.503. The van der Waals surface area contributed by atoms with Crippen molar-refractivity contribution in [1.29, 1.82) is 0 Å². The van der Waals surface area contributed by atoms with Crippen molar-refractivity contribution >= 4 is 16.9 Å². The van der Waals surface area contributed by atoms with E-state index in [0.29, 0.717) is 17.2 Å². The molecule has 25 heavy (non-hydrogen) atoms. The van der Waals surface area contributed by atoms with Crippen LogP contribution in [0.1, 0.15) is 30.9 Å². The second-order valence-corrected chi connectivity index (χ2v) is 6.29. The number of para-hydroxylation sites is 1. The second kappa shape index (κ2) is 7.34. The molecular weight excluding hydrogens is 314 g/mol. The Morgan fingerprint density at radius 1 is 1.08 bits per heavy atom. The van der Waals surface area contributed by atoms with Gasteiger partial charge in [0.2, 0.25) is 0 Å². The molecule has 0 saturated carbocycles. The SMILES string of the molecule is Cc1ccc(C(C)C)c(OCC(=O)Oc2cccc3cccnc23)c1. The first-order chi connectivity index (χ1) is 12.0. The van der Waals surface area contributed by atoms with Crippen molar-refractivity contribution < 1.29 is 14.3 Å². The van der Waals surface area contributed by atoms with Crippen LogP contribution in [0.3, 0.4) is 0 Å². The molecular formula is C21H21NO3. The van der Waals surface area contributed by atoms with E-state index in [1.807, 2.05) is 49.4 Å².